The van der Waals surface area contributed by atoms with E-state index in [1.807, 2.05) is 30.3 Å². The van der Waals surface area contributed by atoms with Crippen LogP contribution in [0.5, 0.6) is 17.2 Å². The summed E-state index contributed by atoms with van der Waals surface area (Å²) >= 11 is 3.45. The molecule has 166 valence electrons. The van der Waals surface area contributed by atoms with Crippen LogP contribution in [-0.2, 0) is 16.0 Å². The van der Waals surface area contributed by atoms with Gasteiger partial charge in [-0.15, -0.1) is 0 Å². The van der Waals surface area contributed by atoms with Gasteiger partial charge in [0.1, 0.15) is 11.9 Å². The Bertz CT molecular complexity index is 912. The molecule has 0 spiro atoms. The van der Waals surface area contributed by atoms with E-state index in [0.29, 0.717) is 12.2 Å². The van der Waals surface area contributed by atoms with Gasteiger partial charge in [0, 0.05) is 28.7 Å². The van der Waals surface area contributed by atoms with Gasteiger partial charge in [0.25, 0.3) is 0 Å². The highest BCUT2D eigenvalue weighted by molar-refractivity contribution is 9.10. The SMILES string of the molecule is COc1cc2c(cc1OC)C(Oc1ccc(Br)cc1)CNCC2.O=C(O)/C=C\C(=O)O. The maximum atomic E-state index is 9.55. The van der Waals surface area contributed by atoms with E-state index >= 15 is 0 Å². The third kappa shape index (κ3) is 7.62. The van der Waals surface area contributed by atoms with Crippen molar-refractivity contribution in [3.8, 4) is 17.2 Å². The predicted molar refractivity (Wildman–Crippen MR) is 118 cm³/mol. The van der Waals surface area contributed by atoms with Crippen molar-refractivity contribution >= 4 is 27.9 Å². The van der Waals surface area contributed by atoms with Crippen molar-refractivity contribution < 1.29 is 34.0 Å². The number of fused-ring (bicyclic) bond motifs is 1. The molecule has 0 aromatic heterocycles. The van der Waals surface area contributed by atoms with Gasteiger partial charge < -0.3 is 29.7 Å². The largest absolute Gasteiger partial charge is 0.493 e. The quantitative estimate of drug-likeness (QED) is 0.524. The standard InChI is InChI=1S/C18H20BrNO3.C4H4O4/c1-21-16-9-12-7-8-20-11-18(15(12)10-17(16)22-2)23-14-5-3-13(19)4-6-14;5-3(6)1-2-4(7)8/h3-6,9-10,18,20H,7-8,11H2,1-2H3;1-2H,(H,5,6)(H,7,8)/b;2-1-. The van der Waals surface area contributed by atoms with Crippen molar-refractivity contribution in [3.05, 3.63) is 64.1 Å². The van der Waals surface area contributed by atoms with Crippen molar-refractivity contribution in [2.24, 2.45) is 0 Å². The summed E-state index contributed by atoms with van der Waals surface area (Å²) in [5, 5.41) is 19.1. The topological polar surface area (TPSA) is 114 Å². The normalized spacial score (nSPS) is 15.1. The number of halogens is 1. The second-order valence-corrected chi connectivity index (χ2v) is 7.35. The summed E-state index contributed by atoms with van der Waals surface area (Å²) in [4.78, 5) is 19.1. The highest BCUT2D eigenvalue weighted by Gasteiger charge is 2.23. The van der Waals surface area contributed by atoms with Gasteiger partial charge in [0.05, 0.1) is 14.2 Å². The number of carbonyl (C=O) groups is 2. The third-order valence-electron chi connectivity index (χ3n) is 4.35. The van der Waals surface area contributed by atoms with E-state index in [4.69, 9.17) is 24.4 Å². The Morgan fingerprint density at radius 2 is 1.61 bits per heavy atom. The van der Waals surface area contributed by atoms with E-state index in [0.717, 1.165) is 46.8 Å². The highest BCUT2D eigenvalue weighted by atomic mass is 79.9. The van der Waals surface area contributed by atoms with Gasteiger partial charge in [0.2, 0.25) is 0 Å². The Morgan fingerprint density at radius 1 is 1.03 bits per heavy atom. The van der Waals surface area contributed by atoms with Gasteiger partial charge >= 0.3 is 11.9 Å². The van der Waals surface area contributed by atoms with Crippen LogP contribution in [0.1, 0.15) is 17.2 Å². The van der Waals surface area contributed by atoms with Crippen LogP contribution < -0.4 is 19.5 Å². The van der Waals surface area contributed by atoms with E-state index in [1.165, 1.54) is 5.56 Å². The van der Waals surface area contributed by atoms with Gasteiger partial charge in [0.15, 0.2) is 11.5 Å². The molecule has 1 unspecified atom stereocenters. The van der Waals surface area contributed by atoms with Crippen molar-refractivity contribution in [1.82, 2.24) is 5.32 Å². The molecule has 1 atom stereocenters. The first-order chi connectivity index (χ1) is 14.8. The van der Waals surface area contributed by atoms with Crippen molar-refractivity contribution in [3.63, 3.8) is 0 Å². The number of hydrogen-bond acceptors (Lipinski definition) is 6. The molecule has 9 heteroatoms. The molecular formula is C22H24BrNO7. The van der Waals surface area contributed by atoms with Crippen LogP contribution in [0.15, 0.2) is 53.0 Å². The minimum absolute atomic E-state index is 0.0616. The molecule has 0 bridgehead atoms. The summed E-state index contributed by atoms with van der Waals surface area (Å²) in [6.07, 6.45) is 1.99. The number of carboxylic acid groups (broad SMARTS) is 2. The van der Waals surface area contributed by atoms with Crippen LogP contribution in [0, 0.1) is 0 Å². The van der Waals surface area contributed by atoms with Crippen LogP contribution in [0.25, 0.3) is 0 Å². The maximum Gasteiger partial charge on any atom is 0.328 e. The lowest BCUT2D eigenvalue weighted by Crippen LogP contribution is -2.23. The molecule has 3 N–H and O–H groups in total. The number of rotatable bonds is 6. The molecule has 0 amide bonds. The molecule has 0 saturated heterocycles. The number of nitrogens with one attached hydrogen (secondary N) is 1. The number of hydrogen-bond donors (Lipinski definition) is 3. The lowest BCUT2D eigenvalue weighted by molar-refractivity contribution is -0.134. The molecule has 2 aromatic rings. The molecule has 1 heterocycles. The lowest BCUT2D eigenvalue weighted by Gasteiger charge is -2.21. The highest BCUT2D eigenvalue weighted by Crippen LogP contribution is 2.36. The predicted octanol–water partition coefficient (Wildman–Crippen LogP) is 3.44. The average molecular weight is 494 g/mol. The van der Waals surface area contributed by atoms with Gasteiger partial charge in [-0.1, -0.05) is 15.9 Å². The zero-order chi connectivity index (χ0) is 22.8. The van der Waals surface area contributed by atoms with E-state index in [2.05, 4.69) is 27.3 Å². The molecule has 0 aliphatic carbocycles. The fourth-order valence-corrected chi connectivity index (χ4v) is 3.21. The number of carboxylic acids is 2. The smallest absolute Gasteiger partial charge is 0.328 e. The first-order valence-electron chi connectivity index (χ1n) is 9.35. The summed E-state index contributed by atoms with van der Waals surface area (Å²) in [6, 6.07) is 12.0. The van der Waals surface area contributed by atoms with Crippen molar-refractivity contribution in [2.45, 2.75) is 12.5 Å². The molecule has 0 saturated carbocycles. The molecule has 31 heavy (non-hydrogen) atoms. The van der Waals surface area contributed by atoms with E-state index < -0.39 is 11.9 Å². The fraction of sp³-hybridized carbons (Fsp3) is 0.273. The number of methoxy groups -OCH3 is 2. The minimum atomic E-state index is -1.26. The van der Waals surface area contributed by atoms with Crippen molar-refractivity contribution in [1.29, 1.82) is 0 Å². The molecular weight excluding hydrogens is 470 g/mol. The Labute approximate surface area is 188 Å². The zero-order valence-electron chi connectivity index (χ0n) is 17.1. The summed E-state index contributed by atoms with van der Waals surface area (Å²) in [5.41, 5.74) is 2.38. The lowest BCUT2D eigenvalue weighted by atomic mass is 10.00. The number of aliphatic carboxylic acids is 2. The molecule has 1 aliphatic heterocycles. The number of benzene rings is 2. The van der Waals surface area contributed by atoms with Gasteiger partial charge in [-0.25, -0.2) is 9.59 Å². The monoisotopic (exact) mass is 493 g/mol. The van der Waals surface area contributed by atoms with Gasteiger partial charge in [-0.2, -0.15) is 0 Å². The maximum absolute atomic E-state index is 9.55. The average Bonchev–Trinajstić information content (AvgIpc) is 2.95. The van der Waals surface area contributed by atoms with Gasteiger partial charge in [-0.3, -0.25) is 0 Å². The number of ether oxygens (including phenoxy) is 3. The second-order valence-electron chi connectivity index (χ2n) is 6.43. The zero-order valence-corrected chi connectivity index (χ0v) is 18.7. The molecule has 0 fully saturated rings. The molecule has 1 aliphatic rings. The Kier molecular flexibility index (Phi) is 9.36. The van der Waals surface area contributed by atoms with Crippen LogP contribution in [0.3, 0.4) is 0 Å². The van der Waals surface area contributed by atoms with E-state index in [1.54, 1.807) is 14.2 Å². The first-order valence-corrected chi connectivity index (χ1v) is 10.1. The summed E-state index contributed by atoms with van der Waals surface area (Å²) < 4.78 is 18.1. The Morgan fingerprint density at radius 3 is 2.16 bits per heavy atom. The van der Waals surface area contributed by atoms with Crippen molar-refractivity contribution in [2.75, 3.05) is 27.3 Å². The third-order valence-corrected chi connectivity index (χ3v) is 4.88. The second kappa shape index (κ2) is 12.0. The Hall–Kier alpha value is -3.04. The minimum Gasteiger partial charge on any atom is -0.493 e. The molecule has 3 rings (SSSR count). The fourth-order valence-electron chi connectivity index (χ4n) is 2.94. The Balaban J connectivity index is 0.000000366. The van der Waals surface area contributed by atoms with Crippen LogP contribution in [0.2, 0.25) is 0 Å². The molecule has 2 aromatic carbocycles. The first kappa shape index (κ1) is 24.2. The summed E-state index contributed by atoms with van der Waals surface area (Å²) in [6.45, 7) is 1.68. The van der Waals surface area contributed by atoms with E-state index in [9.17, 15) is 9.59 Å². The van der Waals surface area contributed by atoms with E-state index in [-0.39, 0.29) is 6.10 Å². The van der Waals surface area contributed by atoms with Crippen LogP contribution >= 0.6 is 15.9 Å². The molecule has 8 nitrogen and oxygen atoms in total. The van der Waals surface area contributed by atoms with Crippen LogP contribution in [0.4, 0.5) is 0 Å². The molecule has 0 radical (unpaired) electrons. The summed E-state index contributed by atoms with van der Waals surface area (Å²) in [5.74, 6) is -0.171. The van der Waals surface area contributed by atoms with Crippen LogP contribution in [-0.4, -0.2) is 49.5 Å². The summed E-state index contributed by atoms with van der Waals surface area (Å²) in [7, 11) is 3.32. The van der Waals surface area contributed by atoms with Gasteiger partial charge in [-0.05, 0) is 54.9 Å².